The standard InChI is InChI=1S/C14H17FN4O3/c1-9-7-10(3-4-11(9)15)17-14(16-8-20)13-12(5-6-21-2)18-22-19-13/h3-4,7,20H,5-6,8H2,1-2H3,(H,16,17). The van der Waals surface area contributed by atoms with E-state index in [-0.39, 0.29) is 5.82 Å². The average molecular weight is 308 g/mol. The zero-order valence-electron chi connectivity index (χ0n) is 12.3. The Morgan fingerprint density at radius 1 is 1.45 bits per heavy atom. The van der Waals surface area contributed by atoms with Crippen molar-refractivity contribution in [3.05, 3.63) is 41.0 Å². The topological polar surface area (TPSA) is 92.8 Å². The van der Waals surface area contributed by atoms with E-state index in [1.54, 1.807) is 26.2 Å². The Bertz CT molecular complexity index is 657. The molecule has 7 nitrogen and oxygen atoms in total. The third-order valence-electron chi connectivity index (χ3n) is 2.97. The fraction of sp³-hybridized carbons (Fsp3) is 0.357. The van der Waals surface area contributed by atoms with Crippen molar-refractivity contribution in [1.29, 1.82) is 0 Å². The summed E-state index contributed by atoms with van der Waals surface area (Å²) in [6.07, 6.45) is 0.490. The summed E-state index contributed by atoms with van der Waals surface area (Å²) in [6, 6.07) is 4.54. The summed E-state index contributed by atoms with van der Waals surface area (Å²) in [5.74, 6) is -0.00376. The van der Waals surface area contributed by atoms with Crippen LogP contribution in [0.3, 0.4) is 0 Å². The maximum Gasteiger partial charge on any atom is 0.173 e. The number of aliphatic imine (C=N–C) groups is 1. The molecule has 0 unspecified atom stereocenters. The molecule has 118 valence electrons. The van der Waals surface area contributed by atoms with E-state index in [0.717, 1.165) is 0 Å². The molecule has 0 saturated heterocycles. The first-order chi connectivity index (χ1) is 10.7. The molecular weight excluding hydrogens is 291 g/mol. The highest BCUT2D eigenvalue weighted by Crippen LogP contribution is 2.16. The van der Waals surface area contributed by atoms with Gasteiger partial charge in [-0.1, -0.05) is 5.16 Å². The number of nitrogens with zero attached hydrogens (tertiary/aromatic N) is 3. The van der Waals surface area contributed by atoms with Gasteiger partial charge in [-0.15, -0.1) is 0 Å². The fourth-order valence-corrected chi connectivity index (χ4v) is 1.85. The third-order valence-corrected chi connectivity index (χ3v) is 2.97. The number of hydrogen-bond acceptors (Lipinski definition) is 6. The summed E-state index contributed by atoms with van der Waals surface area (Å²) in [5.41, 5.74) is 2.05. The Labute approximate surface area is 126 Å². The molecule has 1 aromatic carbocycles. The van der Waals surface area contributed by atoms with E-state index >= 15 is 0 Å². The lowest BCUT2D eigenvalue weighted by atomic mass is 10.2. The Morgan fingerprint density at radius 2 is 2.27 bits per heavy atom. The molecule has 0 amide bonds. The molecule has 0 bridgehead atoms. The monoisotopic (exact) mass is 308 g/mol. The van der Waals surface area contributed by atoms with E-state index in [4.69, 9.17) is 14.5 Å². The van der Waals surface area contributed by atoms with Crippen molar-refractivity contribution in [3.8, 4) is 0 Å². The predicted molar refractivity (Wildman–Crippen MR) is 78.3 cm³/mol. The molecule has 0 atom stereocenters. The molecule has 0 spiro atoms. The van der Waals surface area contributed by atoms with Crippen LogP contribution < -0.4 is 5.32 Å². The molecular formula is C14H17FN4O3. The van der Waals surface area contributed by atoms with Gasteiger partial charge in [0.15, 0.2) is 11.5 Å². The van der Waals surface area contributed by atoms with Gasteiger partial charge in [-0.05, 0) is 35.8 Å². The highest BCUT2D eigenvalue weighted by molar-refractivity contribution is 6.07. The van der Waals surface area contributed by atoms with Crippen molar-refractivity contribution in [2.45, 2.75) is 13.3 Å². The lowest BCUT2D eigenvalue weighted by molar-refractivity contribution is 0.199. The zero-order valence-corrected chi connectivity index (χ0v) is 12.3. The molecule has 1 heterocycles. The number of ether oxygens (including phenoxy) is 1. The average Bonchev–Trinajstić information content (AvgIpc) is 2.96. The lowest BCUT2D eigenvalue weighted by Gasteiger charge is -2.09. The number of aryl methyl sites for hydroxylation is 1. The zero-order chi connectivity index (χ0) is 15.9. The molecule has 0 aliphatic rings. The van der Waals surface area contributed by atoms with Crippen molar-refractivity contribution < 1.29 is 18.9 Å². The van der Waals surface area contributed by atoms with Gasteiger partial charge in [-0.3, -0.25) is 0 Å². The maximum absolute atomic E-state index is 13.3. The lowest BCUT2D eigenvalue weighted by Crippen LogP contribution is -2.17. The predicted octanol–water partition coefficient (Wildman–Crippen LogP) is 1.51. The van der Waals surface area contributed by atoms with Gasteiger partial charge in [-0.25, -0.2) is 14.0 Å². The summed E-state index contributed by atoms with van der Waals surface area (Å²) in [6.45, 7) is 1.67. The minimum atomic E-state index is -0.431. The number of nitrogens with one attached hydrogen (secondary N) is 1. The Morgan fingerprint density at radius 3 is 2.95 bits per heavy atom. The molecule has 0 aliphatic heterocycles. The number of aromatic nitrogens is 2. The molecule has 22 heavy (non-hydrogen) atoms. The van der Waals surface area contributed by atoms with Gasteiger partial charge in [0.25, 0.3) is 0 Å². The van der Waals surface area contributed by atoms with Gasteiger partial charge in [0.05, 0.1) is 6.61 Å². The molecule has 0 fully saturated rings. The van der Waals surface area contributed by atoms with Crippen LogP contribution in [-0.2, 0) is 11.2 Å². The van der Waals surface area contributed by atoms with Gasteiger partial charge in [0.1, 0.15) is 18.2 Å². The van der Waals surface area contributed by atoms with Gasteiger partial charge in [0.2, 0.25) is 0 Å². The number of rotatable bonds is 6. The number of halogens is 1. The summed E-state index contributed by atoms with van der Waals surface area (Å²) < 4.78 is 23.0. The number of anilines is 1. The van der Waals surface area contributed by atoms with E-state index in [2.05, 4.69) is 20.6 Å². The molecule has 0 saturated carbocycles. The quantitative estimate of drug-likeness (QED) is 0.621. The maximum atomic E-state index is 13.3. The van der Waals surface area contributed by atoms with Gasteiger partial charge >= 0.3 is 0 Å². The van der Waals surface area contributed by atoms with Crippen LogP contribution in [0.1, 0.15) is 17.0 Å². The summed E-state index contributed by atoms with van der Waals surface area (Å²) >= 11 is 0. The molecule has 1 aromatic heterocycles. The minimum Gasteiger partial charge on any atom is -0.384 e. The number of benzene rings is 1. The third kappa shape index (κ3) is 3.86. The number of hydrogen-bond donors (Lipinski definition) is 2. The van der Waals surface area contributed by atoms with E-state index in [0.29, 0.717) is 41.5 Å². The second-order valence-corrected chi connectivity index (χ2v) is 4.54. The SMILES string of the molecule is COCCc1nonc1C(=NCO)Nc1ccc(F)c(C)c1. The van der Waals surface area contributed by atoms with Crippen LogP contribution in [0.4, 0.5) is 10.1 Å². The number of aliphatic hydroxyl groups is 1. The number of amidine groups is 1. The van der Waals surface area contributed by atoms with Crippen molar-refractivity contribution in [2.75, 3.05) is 25.8 Å². The van der Waals surface area contributed by atoms with Crippen LogP contribution in [0, 0.1) is 12.7 Å². The molecule has 0 radical (unpaired) electrons. The summed E-state index contributed by atoms with van der Waals surface area (Å²) in [5, 5.41) is 19.7. The Hall–Kier alpha value is -2.32. The van der Waals surface area contributed by atoms with Crippen molar-refractivity contribution >= 4 is 11.5 Å². The summed E-state index contributed by atoms with van der Waals surface area (Å²) in [7, 11) is 1.58. The van der Waals surface area contributed by atoms with Crippen LogP contribution in [0.2, 0.25) is 0 Å². The molecule has 2 N–H and O–H groups in total. The van der Waals surface area contributed by atoms with Gasteiger partial charge in [-0.2, -0.15) is 0 Å². The van der Waals surface area contributed by atoms with E-state index in [9.17, 15) is 4.39 Å². The minimum absolute atomic E-state index is 0.292. The first-order valence-corrected chi connectivity index (χ1v) is 6.65. The number of methoxy groups -OCH3 is 1. The molecule has 0 aliphatic carbocycles. The highest BCUT2D eigenvalue weighted by atomic mass is 19.1. The highest BCUT2D eigenvalue weighted by Gasteiger charge is 2.16. The van der Waals surface area contributed by atoms with E-state index in [1.807, 2.05) is 0 Å². The molecule has 2 aromatic rings. The summed E-state index contributed by atoms with van der Waals surface area (Å²) in [4.78, 5) is 3.95. The first-order valence-electron chi connectivity index (χ1n) is 6.65. The smallest absolute Gasteiger partial charge is 0.173 e. The second kappa shape index (κ2) is 7.62. The van der Waals surface area contributed by atoms with Crippen LogP contribution in [-0.4, -0.2) is 41.7 Å². The van der Waals surface area contributed by atoms with Gasteiger partial charge in [0, 0.05) is 19.2 Å². The van der Waals surface area contributed by atoms with Gasteiger partial charge < -0.3 is 15.2 Å². The van der Waals surface area contributed by atoms with Crippen molar-refractivity contribution in [1.82, 2.24) is 10.3 Å². The van der Waals surface area contributed by atoms with Crippen LogP contribution >= 0.6 is 0 Å². The largest absolute Gasteiger partial charge is 0.384 e. The Balaban J connectivity index is 2.25. The second-order valence-electron chi connectivity index (χ2n) is 4.54. The van der Waals surface area contributed by atoms with Crippen LogP contribution in [0.25, 0.3) is 0 Å². The van der Waals surface area contributed by atoms with Crippen molar-refractivity contribution in [3.63, 3.8) is 0 Å². The van der Waals surface area contributed by atoms with E-state index in [1.165, 1.54) is 6.07 Å². The molecule has 2 rings (SSSR count). The van der Waals surface area contributed by atoms with Crippen molar-refractivity contribution in [2.24, 2.45) is 4.99 Å². The van der Waals surface area contributed by atoms with E-state index < -0.39 is 6.73 Å². The van der Waals surface area contributed by atoms with Crippen LogP contribution in [0.15, 0.2) is 27.8 Å². The fourth-order valence-electron chi connectivity index (χ4n) is 1.85. The first kappa shape index (κ1) is 16.1. The normalized spacial score (nSPS) is 11.7. The van der Waals surface area contributed by atoms with Crippen LogP contribution in [0.5, 0.6) is 0 Å². The number of aliphatic hydroxyl groups excluding tert-OH is 1. The Kier molecular flexibility index (Phi) is 5.56. The molecule has 8 heteroatoms.